The number of nitrogens with zero attached hydrogens (tertiary/aromatic N) is 3. The maximum absolute atomic E-state index is 6.34. The quantitative estimate of drug-likeness (QED) is 0.659. The van der Waals surface area contributed by atoms with Crippen molar-refractivity contribution in [2.24, 2.45) is 0 Å². The summed E-state index contributed by atoms with van der Waals surface area (Å²) in [5.41, 5.74) is 0.997. The molecule has 5 nitrogen and oxygen atoms in total. The second-order valence-corrected chi connectivity index (χ2v) is 9.65. The summed E-state index contributed by atoms with van der Waals surface area (Å²) in [6, 6.07) is 15.3. The molecule has 1 aromatic heterocycles. The molecule has 0 aliphatic carbocycles. The molecule has 0 bridgehead atoms. The van der Waals surface area contributed by atoms with Crippen LogP contribution in [-0.2, 0) is 15.9 Å². The molecule has 2 aromatic rings. The van der Waals surface area contributed by atoms with Crippen LogP contribution in [0.4, 0.5) is 5.82 Å². The van der Waals surface area contributed by atoms with Crippen LogP contribution in [0.25, 0.3) is 0 Å². The van der Waals surface area contributed by atoms with Crippen molar-refractivity contribution in [1.29, 1.82) is 0 Å². The number of morpholine rings is 1. The molecule has 0 N–H and O–H groups in total. The highest BCUT2D eigenvalue weighted by molar-refractivity contribution is 6.30. The smallest absolute Gasteiger partial charge is 0.128 e. The van der Waals surface area contributed by atoms with Gasteiger partial charge in [-0.1, -0.05) is 29.8 Å². The van der Waals surface area contributed by atoms with E-state index in [0.717, 1.165) is 56.3 Å². The van der Waals surface area contributed by atoms with Gasteiger partial charge in [-0.3, -0.25) is 4.90 Å². The Morgan fingerprint density at radius 1 is 1.13 bits per heavy atom. The monoisotopic (exact) mass is 443 g/mol. The summed E-state index contributed by atoms with van der Waals surface area (Å²) in [5, 5.41) is 0.782. The third-order valence-corrected chi connectivity index (χ3v) is 7.18. The second-order valence-electron chi connectivity index (χ2n) is 9.22. The van der Waals surface area contributed by atoms with Gasteiger partial charge in [0, 0.05) is 50.0 Å². The summed E-state index contributed by atoms with van der Waals surface area (Å²) in [5.74, 6) is 1.08. The molecular weight excluding hydrogens is 410 g/mol. The standard InChI is InChI=1S/C25H34ClN3O2/c1-25(2,30-3)23-17-29(22(18-31-23)16-19-7-9-20(26)10-8-19)21-11-14-28(15-12-21)24-6-4-5-13-27-24/h4-10,13,21-23H,11-12,14-18H2,1-3H3/t22-,23+/m0/s1. The highest BCUT2D eigenvalue weighted by Gasteiger charge is 2.41. The Kier molecular flexibility index (Phi) is 7.17. The van der Waals surface area contributed by atoms with Crippen LogP contribution in [0, 0.1) is 0 Å². The van der Waals surface area contributed by atoms with Crippen molar-refractivity contribution in [1.82, 2.24) is 9.88 Å². The van der Waals surface area contributed by atoms with Crippen molar-refractivity contribution >= 4 is 17.4 Å². The lowest BCUT2D eigenvalue weighted by Crippen LogP contribution is -2.61. The van der Waals surface area contributed by atoms with E-state index in [2.05, 4.69) is 52.9 Å². The first-order valence-electron chi connectivity index (χ1n) is 11.3. The van der Waals surface area contributed by atoms with Crippen LogP contribution < -0.4 is 4.90 Å². The number of rotatable bonds is 6. The van der Waals surface area contributed by atoms with Gasteiger partial charge in [0.25, 0.3) is 0 Å². The molecule has 0 unspecified atom stereocenters. The number of hydrogen-bond donors (Lipinski definition) is 0. The zero-order chi connectivity index (χ0) is 21.8. The number of halogens is 1. The van der Waals surface area contributed by atoms with E-state index in [1.807, 2.05) is 24.4 Å². The van der Waals surface area contributed by atoms with E-state index in [-0.39, 0.29) is 11.7 Å². The Morgan fingerprint density at radius 3 is 2.52 bits per heavy atom. The van der Waals surface area contributed by atoms with Gasteiger partial charge >= 0.3 is 0 Å². The molecule has 3 heterocycles. The lowest BCUT2D eigenvalue weighted by atomic mass is 9.92. The highest BCUT2D eigenvalue weighted by atomic mass is 35.5. The third-order valence-electron chi connectivity index (χ3n) is 6.93. The average molecular weight is 444 g/mol. The summed E-state index contributed by atoms with van der Waals surface area (Å²) >= 11 is 6.10. The number of ether oxygens (including phenoxy) is 2. The molecule has 2 aliphatic heterocycles. The van der Waals surface area contributed by atoms with E-state index in [1.165, 1.54) is 5.56 Å². The maximum Gasteiger partial charge on any atom is 0.128 e. The molecule has 2 aliphatic rings. The first kappa shape index (κ1) is 22.5. The lowest BCUT2D eigenvalue weighted by molar-refractivity contribution is -0.165. The second kappa shape index (κ2) is 9.86. The molecule has 4 rings (SSSR count). The maximum atomic E-state index is 6.34. The average Bonchev–Trinajstić information content (AvgIpc) is 2.81. The molecular formula is C25H34ClN3O2. The van der Waals surface area contributed by atoms with Gasteiger partial charge in [0.1, 0.15) is 5.82 Å². The Balaban J connectivity index is 1.47. The lowest BCUT2D eigenvalue weighted by Gasteiger charge is -2.49. The van der Waals surface area contributed by atoms with Crippen LogP contribution in [0.2, 0.25) is 5.02 Å². The van der Waals surface area contributed by atoms with E-state index in [1.54, 1.807) is 7.11 Å². The molecule has 0 radical (unpaired) electrons. The summed E-state index contributed by atoms with van der Waals surface area (Å²) in [6.45, 7) is 7.93. The minimum Gasteiger partial charge on any atom is -0.376 e. The van der Waals surface area contributed by atoms with Gasteiger partial charge in [-0.25, -0.2) is 4.98 Å². The zero-order valence-corrected chi connectivity index (χ0v) is 19.6. The predicted octanol–water partition coefficient (Wildman–Crippen LogP) is 4.44. The van der Waals surface area contributed by atoms with Crippen LogP contribution in [0.3, 0.4) is 0 Å². The largest absolute Gasteiger partial charge is 0.376 e. The summed E-state index contributed by atoms with van der Waals surface area (Å²) in [4.78, 5) is 9.64. The van der Waals surface area contributed by atoms with Crippen molar-refractivity contribution < 1.29 is 9.47 Å². The van der Waals surface area contributed by atoms with Crippen LogP contribution in [0.5, 0.6) is 0 Å². The van der Waals surface area contributed by atoms with E-state index in [9.17, 15) is 0 Å². The molecule has 0 amide bonds. The molecule has 0 saturated carbocycles. The topological polar surface area (TPSA) is 37.8 Å². The van der Waals surface area contributed by atoms with Gasteiger partial charge in [-0.05, 0) is 62.9 Å². The van der Waals surface area contributed by atoms with Crippen molar-refractivity contribution in [2.45, 2.75) is 56.9 Å². The van der Waals surface area contributed by atoms with Crippen molar-refractivity contribution in [2.75, 3.05) is 38.3 Å². The minimum absolute atomic E-state index is 0.0628. The molecule has 31 heavy (non-hydrogen) atoms. The van der Waals surface area contributed by atoms with Crippen molar-refractivity contribution in [3.05, 3.63) is 59.2 Å². The normalized spacial score (nSPS) is 23.8. The molecule has 6 heteroatoms. The number of pyridine rings is 1. The predicted molar refractivity (Wildman–Crippen MR) is 126 cm³/mol. The van der Waals surface area contributed by atoms with Gasteiger partial charge in [-0.2, -0.15) is 0 Å². The molecule has 1 aromatic carbocycles. The van der Waals surface area contributed by atoms with E-state index in [4.69, 9.17) is 21.1 Å². The van der Waals surface area contributed by atoms with E-state index < -0.39 is 0 Å². The zero-order valence-electron chi connectivity index (χ0n) is 18.8. The van der Waals surface area contributed by atoms with Gasteiger partial charge in [0.15, 0.2) is 0 Å². The van der Waals surface area contributed by atoms with E-state index in [0.29, 0.717) is 12.1 Å². The van der Waals surface area contributed by atoms with Gasteiger partial charge in [-0.15, -0.1) is 0 Å². The Labute approximate surface area is 191 Å². The van der Waals surface area contributed by atoms with E-state index >= 15 is 0 Å². The Hall–Kier alpha value is -1.66. The first-order chi connectivity index (χ1) is 15.0. The third kappa shape index (κ3) is 5.40. The molecule has 2 fully saturated rings. The fourth-order valence-corrected chi connectivity index (χ4v) is 4.88. The molecule has 168 valence electrons. The molecule has 2 saturated heterocycles. The number of benzene rings is 1. The van der Waals surface area contributed by atoms with Gasteiger partial charge in [0.2, 0.25) is 0 Å². The summed E-state index contributed by atoms with van der Waals surface area (Å²) in [6.07, 6.45) is 5.18. The summed E-state index contributed by atoms with van der Waals surface area (Å²) in [7, 11) is 1.78. The van der Waals surface area contributed by atoms with Crippen molar-refractivity contribution in [3.63, 3.8) is 0 Å². The van der Waals surface area contributed by atoms with Gasteiger partial charge in [0.05, 0.1) is 18.3 Å². The minimum atomic E-state index is -0.307. The first-order valence-corrected chi connectivity index (χ1v) is 11.7. The molecule has 0 spiro atoms. The van der Waals surface area contributed by atoms with Gasteiger partial charge < -0.3 is 14.4 Å². The van der Waals surface area contributed by atoms with Crippen LogP contribution in [0.1, 0.15) is 32.3 Å². The highest BCUT2D eigenvalue weighted by Crippen LogP contribution is 2.30. The SMILES string of the molecule is COC(C)(C)[C@H]1CN(C2CCN(c3ccccn3)CC2)[C@@H](Cc2ccc(Cl)cc2)CO1. The van der Waals surface area contributed by atoms with Crippen LogP contribution >= 0.6 is 11.6 Å². The number of hydrogen-bond acceptors (Lipinski definition) is 5. The fourth-order valence-electron chi connectivity index (χ4n) is 4.75. The van der Waals surface area contributed by atoms with Crippen molar-refractivity contribution in [3.8, 4) is 0 Å². The number of aromatic nitrogens is 1. The number of piperidine rings is 1. The fraction of sp³-hybridized carbons (Fsp3) is 0.560. The van der Waals surface area contributed by atoms with Crippen LogP contribution in [0.15, 0.2) is 48.7 Å². The number of anilines is 1. The number of methoxy groups -OCH3 is 1. The Bertz CT molecular complexity index is 822. The van der Waals surface area contributed by atoms with Crippen LogP contribution in [-0.4, -0.2) is 67.0 Å². The Morgan fingerprint density at radius 2 is 1.87 bits per heavy atom. The summed E-state index contributed by atoms with van der Waals surface area (Å²) < 4.78 is 12.1. The molecule has 2 atom stereocenters.